The summed E-state index contributed by atoms with van der Waals surface area (Å²) in [6.45, 7) is 21.3. The van der Waals surface area contributed by atoms with Crippen LogP contribution in [-0.4, -0.2) is 13.1 Å². The van der Waals surface area contributed by atoms with E-state index in [9.17, 15) is 0 Å². The molecule has 0 N–H and O–H groups in total. The van der Waals surface area contributed by atoms with Gasteiger partial charge >= 0.3 is 0 Å². The van der Waals surface area contributed by atoms with Crippen molar-refractivity contribution in [3.05, 3.63) is 46.5 Å². The zero-order valence-electron chi connectivity index (χ0n) is 15.8. The lowest BCUT2D eigenvalue weighted by Crippen LogP contribution is -2.43. The number of nitrogens with zero attached hydrogens (tertiary/aromatic N) is 2. The van der Waals surface area contributed by atoms with Crippen molar-refractivity contribution >= 4 is 36.1 Å². The van der Waals surface area contributed by atoms with Gasteiger partial charge in [0, 0.05) is 17.1 Å². The second kappa shape index (κ2) is 7.61. The van der Waals surface area contributed by atoms with Gasteiger partial charge in [0.15, 0.2) is 0 Å². The Labute approximate surface area is 157 Å². The summed E-state index contributed by atoms with van der Waals surface area (Å²) in [6.07, 6.45) is 1.66. The molecule has 0 radical (unpaired) electrons. The highest BCUT2D eigenvalue weighted by Gasteiger charge is 2.41. The van der Waals surface area contributed by atoms with Crippen molar-refractivity contribution < 1.29 is 0 Å². The van der Waals surface area contributed by atoms with Crippen molar-refractivity contribution in [2.75, 3.05) is 0 Å². The molecule has 0 unspecified atom stereocenters. The summed E-state index contributed by atoms with van der Waals surface area (Å²) in [4.78, 5) is 7.83. The van der Waals surface area contributed by atoms with E-state index in [2.05, 4.69) is 62.8 Å². The molecule has 2 rings (SSSR count). The average Bonchev–Trinajstić information content (AvgIpc) is 2.54. The van der Waals surface area contributed by atoms with Gasteiger partial charge in [-0.2, -0.15) is 0 Å². The van der Waals surface area contributed by atoms with Crippen molar-refractivity contribution in [2.24, 2.45) is 0 Å². The molecule has 1 aromatic heterocycles. The van der Waals surface area contributed by atoms with Crippen LogP contribution in [0.25, 0.3) is 15.6 Å². The summed E-state index contributed by atoms with van der Waals surface area (Å²) in [6, 6.07) is 5.66. The van der Waals surface area contributed by atoms with Crippen LogP contribution in [-0.2, 0) is 0 Å². The Kier molecular flexibility index (Phi) is 5.94. The number of aromatic nitrogens is 1. The van der Waals surface area contributed by atoms with Gasteiger partial charge in [0.05, 0.1) is 6.57 Å². The monoisotopic (exact) mass is 368 g/mol. The number of hydrogen-bond acceptors (Lipinski definition) is 1. The molecule has 130 valence electrons. The SMILES string of the molecule is [C-]#[N+]c1cc2ccnc(Cl)c2cc1C#C[Si](C(C)C)(C(C)C)C(C)C. The molecule has 0 amide bonds. The molecule has 1 aromatic carbocycles. The molecule has 0 saturated heterocycles. The smallest absolute Gasteiger partial charge is 0.203 e. The fourth-order valence-electron chi connectivity index (χ4n) is 3.97. The van der Waals surface area contributed by atoms with Gasteiger partial charge in [-0.1, -0.05) is 59.1 Å². The highest BCUT2D eigenvalue weighted by molar-refractivity contribution is 6.90. The predicted octanol–water partition coefficient (Wildman–Crippen LogP) is 7.01. The van der Waals surface area contributed by atoms with E-state index in [1.165, 1.54) is 0 Å². The van der Waals surface area contributed by atoms with Crippen molar-refractivity contribution in [2.45, 2.75) is 58.2 Å². The molecule has 2 nitrogen and oxygen atoms in total. The van der Waals surface area contributed by atoms with E-state index in [1.54, 1.807) is 6.20 Å². The maximum atomic E-state index is 7.52. The van der Waals surface area contributed by atoms with Crippen LogP contribution >= 0.6 is 11.6 Å². The molecule has 0 aliphatic heterocycles. The third-order valence-corrected chi connectivity index (χ3v) is 11.8. The molecule has 0 spiro atoms. The van der Waals surface area contributed by atoms with Gasteiger partial charge in [-0.15, -0.1) is 5.54 Å². The first-order valence-electron chi connectivity index (χ1n) is 8.72. The lowest BCUT2D eigenvalue weighted by atomic mass is 10.1. The Morgan fingerprint density at radius 1 is 1.08 bits per heavy atom. The zero-order valence-corrected chi connectivity index (χ0v) is 17.6. The van der Waals surface area contributed by atoms with Crippen molar-refractivity contribution in [1.29, 1.82) is 0 Å². The summed E-state index contributed by atoms with van der Waals surface area (Å²) in [5, 5.41) is 2.24. The third kappa shape index (κ3) is 3.59. The van der Waals surface area contributed by atoms with Crippen molar-refractivity contribution in [1.82, 2.24) is 4.98 Å². The number of pyridine rings is 1. The summed E-state index contributed by atoms with van der Waals surface area (Å²) in [5.74, 6) is 3.38. The molecule has 2 aromatic rings. The van der Waals surface area contributed by atoms with E-state index in [4.69, 9.17) is 18.2 Å². The first-order chi connectivity index (χ1) is 11.7. The van der Waals surface area contributed by atoms with Gasteiger partial charge in [-0.25, -0.2) is 9.83 Å². The van der Waals surface area contributed by atoms with Crippen LogP contribution in [0.2, 0.25) is 21.8 Å². The maximum Gasteiger partial charge on any atom is 0.203 e. The predicted molar refractivity (Wildman–Crippen MR) is 111 cm³/mol. The number of rotatable bonds is 3. The first-order valence-corrected chi connectivity index (χ1v) is 11.3. The molecule has 0 fully saturated rings. The largest absolute Gasteiger partial charge is 0.244 e. The van der Waals surface area contributed by atoms with E-state index < -0.39 is 8.07 Å². The quantitative estimate of drug-likeness (QED) is 0.246. The lowest BCUT2D eigenvalue weighted by molar-refractivity contribution is 0.838. The highest BCUT2D eigenvalue weighted by Crippen LogP contribution is 2.41. The van der Waals surface area contributed by atoms with Gasteiger partial charge in [0.25, 0.3) is 0 Å². The van der Waals surface area contributed by atoms with Crippen molar-refractivity contribution in [3.63, 3.8) is 0 Å². The Hall–Kier alpha value is -1.81. The Balaban J connectivity index is 2.69. The minimum Gasteiger partial charge on any atom is -0.244 e. The average molecular weight is 369 g/mol. The van der Waals surface area contributed by atoms with Gasteiger partial charge in [0.2, 0.25) is 5.69 Å². The van der Waals surface area contributed by atoms with E-state index >= 15 is 0 Å². The number of fused-ring (bicyclic) bond motifs is 1. The molecular formula is C21H25ClN2Si. The van der Waals surface area contributed by atoms with E-state index in [0.29, 0.717) is 27.5 Å². The Bertz CT molecular complexity index is 861. The molecule has 0 bridgehead atoms. The minimum absolute atomic E-state index is 0.456. The molecule has 0 saturated carbocycles. The molecule has 0 atom stereocenters. The number of benzene rings is 1. The lowest BCUT2D eigenvalue weighted by Gasteiger charge is -2.38. The van der Waals surface area contributed by atoms with E-state index in [-0.39, 0.29) is 0 Å². The third-order valence-electron chi connectivity index (χ3n) is 5.23. The van der Waals surface area contributed by atoms with Crippen molar-refractivity contribution in [3.8, 4) is 11.5 Å². The van der Waals surface area contributed by atoms with Crippen LogP contribution in [0.15, 0.2) is 24.4 Å². The standard InChI is InChI=1S/C21H25ClN2Si/c1-14(2)25(15(3)4,16(5)6)11-9-18-12-19-17(13-20(18)23-7)8-10-24-21(19)22/h8,10,12-16H,1-6H3. The minimum atomic E-state index is -1.84. The molecule has 0 aliphatic rings. The van der Waals surface area contributed by atoms with Gasteiger partial charge in [0.1, 0.15) is 13.2 Å². The fourth-order valence-corrected chi connectivity index (χ4v) is 9.41. The fraction of sp³-hybridized carbons (Fsp3) is 0.429. The first kappa shape index (κ1) is 19.5. The van der Waals surface area contributed by atoms with Gasteiger partial charge in [-0.3, -0.25) is 0 Å². The molecule has 0 aliphatic carbocycles. The van der Waals surface area contributed by atoms with Crippen LogP contribution in [0, 0.1) is 18.0 Å². The topological polar surface area (TPSA) is 17.2 Å². The second-order valence-corrected chi connectivity index (χ2v) is 13.4. The van der Waals surface area contributed by atoms with Crippen LogP contribution < -0.4 is 0 Å². The van der Waals surface area contributed by atoms with Crippen LogP contribution in [0.3, 0.4) is 0 Å². The normalized spacial score (nSPS) is 11.7. The highest BCUT2D eigenvalue weighted by atomic mass is 35.5. The molecule has 25 heavy (non-hydrogen) atoms. The zero-order chi connectivity index (χ0) is 18.8. The summed E-state index contributed by atoms with van der Waals surface area (Å²) < 4.78 is 0. The number of halogens is 1. The molecular weight excluding hydrogens is 344 g/mol. The van der Waals surface area contributed by atoms with Crippen LogP contribution in [0.5, 0.6) is 0 Å². The van der Waals surface area contributed by atoms with Gasteiger partial charge < -0.3 is 0 Å². The van der Waals surface area contributed by atoms with Crippen LogP contribution in [0.4, 0.5) is 5.69 Å². The van der Waals surface area contributed by atoms with E-state index in [1.807, 2.05) is 18.2 Å². The summed E-state index contributed by atoms with van der Waals surface area (Å²) >= 11 is 6.24. The molecule has 4 heteroatoms. The summed E-state index contributed by atoms with van der Waals surface area (Å²) in [5.41, 5.74) is 6.71. The Morgan fingerprint density at radius 3 is 2.20 bits per heavy atom. The van der Waals surface area contributed by atoms with Crippen LogP contribution in [0.1, 0.15) is 47.1 Å². The molecule has 1 heterocycles. The maximum absolute atomic E-state index is 7.52. The Morgan fingerprint density at radius 2 is 1.68 bits per heavy atom. The van der Waals surface area contributed by atoms with E-state index in [0.717, 1.165) is 16.3 Å². The number of hydrogen-bond donors (Lipinski definition) is 0. The summed E-state index contributed by atoms with van der Waals surface area (Å²) in [7, 11) is -1.84. The second-order valence-electron chi connectivity index (χ2n) is 7.45. The van der Waals surface area contributed by atoms with Gasteiger partial charge in [-0.05, 0) is 40.2 Å².